The van der Waals surface area contributed by atoms with Gasteiger partial charge in [0.1, 0.15) is 0 Å². The number of aromatic hydroxyl groups is 1. The summed E-state index contributed by atoms with van der Waals surface area (Å²) in [5, 5.41) is 19.9. The summed E-state index contributed by atoms with van der Waals surface area (Å²) in [5.41, 5.74) is 3.64. The van der Waals surface area contributed by atoms with Crippen LogP contribution in [0.15, 0.2) is 23.3 Å². The van der Waals surface area contributed by atoms with Gasteiger partial charge in [-0.25, -0.2) is 0 Å². The van der Waals surface area contributed by atoms with E-state index < -0.39 is 16.1 Å². The van der Waals surface area contributed by atoms with Gasteiger partial charge < -0.3 is 14.4 Å². The van der Waals surface area contributed by atoms with Crippen LogP contribution in [0.5, 0.6) is 11.5 Å². The van der Waals surface area contributed by atoms with Crippen molar-refractivity contribution in [3.05, 3.63) is 34.4 Å². The first kappa shape index (κ1) is 22.1. The molecule has 6 nitrogen and oxygen atoms in total. The smallest absolute Gasteiger partial charge is 0.446 e. The van der Waals surface area contributed by atoms with E-state index in [1.807, 2.05) is 0 Å². The third-order valence-electron chi connectivity index (χ3n) is 7.19. The lowest BCUT2D eigenvalue weighted by Crippen LogP contribution is -2.45. The number of fused-ring (bicyclic) bond motifs is 1. The molecule has 3 N–H and O–H groups in total. The number of aliphatic hydroxyl groups is 1. The molecule has 1 fully saturated rings. The molecule has 1 saturated carbocycles. The van der Waals surface area contributed by atoms with E-state index in [0.717, 1.165) is 25.7 Å². The molecule has 2 aliphatic carbocycles. The Hall–Kier alpha value is -1.57. The fraction of sp³-hybridized carbons (Fsp3) is 0.636. The van der Waals surface area contributed by atoms with Crippen molar-refractivity contribution in [3.63, 3.8) is 0 Å². The van der Waals surface area contributed by atoms with Gasteiger partial charge in [-0.3, -0.25) is 4.55 Å². The Labute approximate surface area is 173 Å². The van der Waals surface area contributed by atoms with Gasteiger partial charge in [-0.05, 0) is 73.5 Å². The lowest BCUT2D eigenvalue weighted by molar-refractivity contribution is 0.0112. The maximum absolute atomic E-state index is 11.4. The van der Waals surface area contributed by atoms with Gasteiger partial charge in [0.2, 0.25) is 0 Å². The van der Waals surface area contributed by atoms with Crippen LogP contribution in [0.4, 0.5) is 0 Å². The topological polar surface area (TPSA) is 104 Å². The van der Waals surface area contributed by atoms with Crippen LogP contribution in [0.1, 0.15) is 70.9 Å². The zero-order chi connectivity index (χ0) is 21.6. The molecule has 0 saturated heterocycles. The summed E-state index contributed by atoms with van der Waals surface area (Å²) in [5.74, 6) is -0.169. The quantitative estimate of drug-likeness (QED) is 0.473. The third kappa shape index (κ3) is 4.32. The number of aliphatic hydroxyl groups excluding tert-OH is 1. The molecular weight excluding hydrogens is 392 g/mol. The molecule has 0 spiro atoms. The Balaban J connectivity index is 2.09. The number of phenols is 1. The minimum absolute atomic E-state index is 0.0235. The standard InChI is InChI=1S/C22H32O6S/c1-14-6-7-19-21(2,3)8-5-9-22(19,4)17(14)12-16-10-15(13-23)11-18(24)20(16)28-29(25,26)27/h10-11,19,23-24H,5-9,12-13H2,1-4H3,(H,25,26,27). The van der Waals surface area contributed by atoms with Crippen molar-refractivity contribution in [1.29, 1.82) is 0 Å². The van der Waals surface area contributed by atoms with E-state index in [2.05, 4.69) is 27.7 Å². The molecule has 0 aliphatic heterocycles. The van der Waals surface area contributed by atoms with E-state index >= 15 is 0 Å². The zero-order valence-corrected chi connectivity index (χ0v) is 18.5. The fourth-order valence-corrected chi connectivity index (χ4v) is 6.30. The molecule has 0 radical (unpaired) electrons. The molecule has 2 aliphatic rings. The molecule has 0 amide bonds. The summed E-state index contributed by atoms with van der Waals surface area (Å²) in [7, 11) is -4.79. The summed E-state index contributed by atoms with van der Waals surface area (Å²) >= 11 is 0. The summed E-state index contributed by atoms with van der Waals surface area (Å²) in [4.78, 5) is 0. The molecule has 29 heavy (non-hydrogen) atoms. The van der Waals surface area contributed by atoms with E-state index in [1.54, 1.807) is 6.07 Å². The van der Waals surface area contributed by atoms with Crippen molar-refractivity contribution in [2.24, 2.45) is 16.7 Å². The number of rotatable bonds is 5. The molecule has 1 aromatic carbocycles. The van der Waals surface area contributed by atoms with E-state index in [-0.39, 0.29) is 23.2 Å². The average Bonchev–Trinajstić information content (AvgIpc) is 2.58. The summed E-state index contributed by atoms with van der Waals surface area (Å²) in [6.07, 6.45) is 5.91. The lowest BCUT2D eigenvalue weighted by atomic mass is 9.50. The monoisotopic (exact) mass is 424 g/mol. The van der Waals surface area contributed by atoms with Crippen molar-refractivity contribution >= 4 is 10.4 Å². The van der Waals surface area contributed by atoms with E-state index in [4.69, 9.17) is 4.18 Å². The van der Waals surface area contributed by atoms with Crippen LogP contribution in [-0.2, 0) is 23.4 Å². The third-order valence-corrected chi connectivity index (χ3v) is 7.56. The molecule has 3 rings (SSSR count). The molecule has 7 heteroatoms. The second kappa shape index (κ2) is 7.60. The highest BCUT2D eigenvalue weighted by molar-refractivity contribution is 7.81. The Kier molecular flexibility index (Phi) is 5.80. The van der Waals surface area contributed by atoms with Crippen molar-refractivity contribution in [1.82, 2.24) is 0 Å². The molecule has 162 valence electrons. The summed E-state index contributed by atoms with van der Waals surface area (Å²) < 4.78 is 36.6. The van der Waals surface area contributed by atoms with Gasteiger partial charge in [0.15, 0.2) is 11.5 Å². The molecule has 2 atom stereocenters. The van der Waals surface area contributed by atoms with E-state index in [9.17, 15) is 23.2 Å². The van der Waals surface area contributed by atoms with Gasteiger partial charge in [-0.1, -0.05) is 38.3 Å². The highest BCUT2D eigenvalue weighted by atomic mass is 32.3. The Morgan fingerprint density at radius 3 is 2.52 bits per heavy atom. The van der Waals surface area contributed by atoms with Crippen molar-refractivity contribution in [2.45, 2.75) is 72.8 Å². The Morgan fingerprint density at radius 1 is 1.21 bits per heavy atom. The maximum atomic E-state index is 11.4. The predicted octanol–water partition coefficient (Wildman–Crippen LogP) is 4.55. The number of phenolic OH excluding ortho intramolecular Hbond substituents is 1. The molecule has 0 aromatic heterocycles. The first-order valence-electron chi connectivity index (χ1n) is 10.2. The van der Waals surface area contributed by atoms with Crippen LogP contribution in [0.25, 0.3) is 0 Å². The molecule has 2 unspecified atom stereocenters. The highest BCUT2D eigenvalue weighted by Gasteiger charge is 2.50. The first-order valence-corrected chi connectivity index (χ1v) is 11.6. The average molecular weight is 425 g/mol. The molecular formula is C22H32O6S. The molecule has 0 bridgehead atoms. The van der Waals surface area contributed by atoms with Crippen LogP contribution in [0.2, 0.25) is 0 Å². The predicted molar refractivity (Wildman–Crippen MR) is 111 cm³/mol. The van der Waals surface area contributed by atoms with Gasteiger partial charge in [0.05, 0.1) is 6.61 Å². The number of allylic oxidation sites excluding steroid dienone is 2. The van der Waals surface area contributed by atoms with Gasteiger partial charge in [0, 0.05) is 5.56 Å². The summed E-state index contributed by atoms with van der Waals surface area (Å²) in [6.45, 7) is 8.79. The van der Waals surface area contributed by atoms with Gasteiger partial charge in [-0.2, -0.15) is 8.42 Å². The normalized spacial score (nSPS) is 26.9. The summed E-state index contributed by atoms with van der Waals surface area (Å²) in [6, 6.07) is 2.89. The number of hydrogen-bond acceptors (Lipinski definition) is 5. The van der Waals surface area contributed by atoms with Crippen molar-refractivity contribution < 1.29 is 27.4 Å². The maximum Gasteiger partial charge on any atom is 0.446 e. The van der Waals surface area contributed by atoms with Gasteiger partial charge in [-0.15, -0.1) is 0 Å². The Morgan fingerprint density at radius 2 is 1.90 bits per heavy atom. The second-order valence-electron chi connectivity index (χ2n) is 9.56. The van der Waals surface area contributed by atoms with Crippen LogP contribution in [-0.4, -0.2) is 23.2 Å². The number of benzene rings is 1. The zero-order valence-electron chi connectivity index (χ0n) is 17.7. The first-order chi connectivity index (χ1) is 13.4. The van der Waals surface area contributed by atoms with Crippen LogP contribution in [0, 0.1) is 16.7 Å². The van der Waals surface area contributed by atoms with Gasteiger partial charge in [0.25, 0.3) is 0 Å². The lowest BCUT2D eigenvalue weighted by Gasteiger charge is -2.55. The molecule has 0 heterocycles. The molecule has 1 aromatic rings. The van der Waals surface area contributed by atoms with Crippen LogP contribution < -0.4 is 4.18 Å². The fourth-order valence-electron chi connectivity index (χ4n) is 5.90. The SMILES string of the molecule is CC1=C(Cc2cc(CO)cc(O)c2OS(=O)(=O)O)C2(C)CCCC(C)(C)C2CC1. The minimum Gasteiger partial charge on any atom is -0.504 e. The minimum atomic E-state index is -4.79. The van der Waals surface area contributed by atoms with Crippen molar-refractivity contribution in [2.75, 3.05) is 0 Å². The van der Waals surface area contributed by atoms with Crippen molar-refractivity contribution in [3.8, 4) is 11.5 Å². The highest BCUT2D eigenvalue weighted by Crippen LogP contribution is 2.60. The van der Waals surface area contributed by atoms with Crippen LogP contribution in [0.3, 0.4) is 0 Å². The second-order valence-corrected chi connectivity index (χ2v) is 10.6. The number of hydrogen-bond donors (Lipinski definition) is 3. The largest absolute Gasteiger partial charge is 0.504 e. The van der Waals surface area contributed by atoms with Crippen LogP contribution >= 0.6 is 0 Å². The van der Waals surface area contributed by atoms with Gasteiger partial charge >= 0.3 is 10.4 Å². The van der Waals surface area contributed by atoms with E-state index in [0.29, 0.717) is 23.5 Å². The Bertz CT molecular complexity index is 931. The van der Waals surface area contributed by atoms with E-state index in [1.165, 1.54) is 23.6 Å².